The molecule has 0 bridgehead atoms. The summed E-state index contributed by atoms with van der Waals surface area (Å²) in [6.07, 6.45) is 1.33. The monoisotopic (exact) mass is 460 g/mol. The number of ketones is 1. The zero-order valence-electron chi connectivity index (χ0n) is 18.8. The Bertz CT molecular complexity index is 1150. The molecule has 0 unspecified atom stereocenters. The van der Waals surface area contributed by atoms with Crippen molar-refractivity contribution in [2.75, 3.05) is 32.9 Å². The van der Waals surface area contributed by atoms with Gasteiger partial charge in [0.15, 0.2) is 6.61 Å². The highest BCUT2D eigenvalue weighted by Gasteiger charge is 2.27. The van der Waals surface area contributed by atoms with Crippen LogP contribution in [0.2, 0.25) is 0 Å². The van der Waals surface area contributed by atoms with E-state index in [1.807, 2.05) is 11.5 Å². The largest absolute Gasteiger partial charge is 0.454 e. The molecular formula is C23H28N2O6S. The van der Waals surface area contributed by atoms with Crippen LogP contribution >= 0.6 is 0 Å². The van der Waals surface area contributed by atoms with Gasteiger partial charge in [0.1, 0.15) is 0 Å². The number of allylic oxidation sites excluding steroid dienone is 1. The van der Waals surface area contributed by atoms with E-state index in [-0.39, 0.29) is 17.3 Å². The van der Waals surface area contributed by atoms with Crippen molar-refractivity contribution >= 4 is 21.8 Å². The first kappa shape index (κ1) is 23.9. The fourth-order valence-corrected chi connectivity index (χ4v) is 5.10. The number of carbonyl (C=O) groups excluding carboxylic acids is 2. The second-order valence-electron chi connectivity index (χ2n) is 7.89. The van der Waals surface area contributed by atoms with Gasteiger partial charge in [0.2, 0.25) is 15.8 Å². The van der Waals surface area contributed by atoms with Crippen LogP contribution in [0.1, 0.15) is 35.6 Å². The summed E-state index contributed by atoms with van der Waals surface area (Å²) in [7, 11) is -3.65. The summed E-state index contributed by atoms with van der Waals surface area (Å²) in [5.41, 5.74) is 3.26. The van der Waals surface area contributed by atoms with Crippen molar-refractivity contribution in [2.45, 2.75) is 32.6 Å². The average Bonchev–Trinajstić information content (AvgIpc) is 3.06. The van der Waals surface area contributed by atoms with Crippen molar-refractivity contribution in [1.29, 1.82) is 0 Å². The van der Waals surface area contributed by atoms with E-state index in [4.69, 9.17) is 9.47 Å². The van der Waals surface area contributed by atoms with E-state index in [9.17, 15) is 18.0 Å². The highest BCUT2D eigenvalue weighted by molar-refractivity contribution is 7.89. The summed E-state index contributed by atoms with van der Waals surface area (Å²) in [6, 6.07) is 8.37. The molecule has 0 atom stereocenters. The van der Waals surface area contributed by atoms with Gasteiger partial charge < -0.3 is 14.0 Å². The van der Waals surface area contributed by atoms with Crippen LogP contribution in [-0.2, 0) is 24.3 Å². The topological polar surface area (TPSA) is 94.9 Å². The predicted molar refractivity (Wildman–Crippen MR) is 120 cm³/mol. The number of Topliss-reactive ketones (excluding diaryl/α,β-unsaturated/α-hetero) is 1. The number of rotatable bonds is 7. The van der Waals surface area contributed by atoms with Gasteiger partial charge in [-0.25, -0.2) is 13.2 Å². The Hall–Kier alpha value is -2.75. The highest BCUT2D eigenvalue weighted by atomic mass is 32.2. The van der Waals surface area contributed by atoms with Gasteiger partial charge in [-0.2, -0.15) is 4.31 Å². The second-order valence-corrected chi connectivity index (χ2v) is 9.82. The molecule has 0 N–H and O–H groups in total. The second kappa shape index (κ2) is 9.81. The first-order chi connectivity index (χ1) is 15.1. The van der Waals surface area contributed by atoms with E-state index >= 15 is 0 Å². The molecule has 2 aromatic rings. The SMILES string of the molecule is CC(C)=CC(=O)OCC(=O)c1cc(C)n(-c2cccc(S(=O)(=O)N3CCOCC3)c2)c1C. The Morgan fingerprint density at radius 1 is 1.12 bits per heavy atom. The Labute approximate surface area is 188 Å². The van der Waals surface area contributed by atoms with Gasteiger partial charge in [0, 0.05) is 41.8 Å². The fraction of sp³-hybridized carbons (Fsp3) is 0.391. The lowest BCUT2D eigenvalue weighted by molar-refractivity contribution is -0.136. The number of benzene rings is 1. The number of morpholine rings is 1. The van der Waals surface area contributed by atoms with E-state index < -0.39 is 16.0 Å². The van der Waals surface area contributed by atoms with Crippen LogP contribution in [0.3, 0.4) is 0 Å². The maximum Gasteiger partial charge on any atom is 0.331 e. The molecule has 32 heavy (non-hydrogen) atoms. The molecule has 0 amide bonds. The number of aromatic nitrogens is 1. The van der Waals surface area contributed by atoms with Gasteiger partial charge in [-0.1, -0.05) is 11.6 Å². The number of aryl methyl sites for hydroxylation is 1. The predicted octanol–water partition coefficient (Wildman–Crippen LogP) is 2.81. The Kier molecular flexibility index (Phi) is 7.33. The third kappa shape index (κ3) is 5.17. The minimum absolute atomic E-state index is 0.188. The molecule has 2 heterocycles. The molecule has 172 valence electrons. The van der Waals surface area contributed by atoms with Gasteiger partial charge in [0.25, 0.3) is 0 Å². The Balaban J connectivity index is 1.87. The molecule has 8 nitrogen and oxygen atoms in total. The van der Waals surface area contributed by atoms with Crippen molar-refractivity contribution in [1.82, 2.24) is 8.87 Å². The van der Waals surface area contributed by atoms with Crippen LogP contribution in [0.5, 0.6) is 0 Å². The first-order valence-electron chi connectivity index (χ1n) is 10.3. The molecule has 0 spiro atoms. The third-order valence-corrected chi connectivity index (χ3v) is 7.06. The van der Waals surface area contributed by atoms with E-state index in [1.54, 1.807) is 51.1 Å². The summed E-state index contributed by atoms with van der Waals surface area (Å²) < 4.78 is 39.6. The zero-order chi connectivity index (χ0) is 23.5. The van der Waals surface area contributed by atoms with Crippen molar-refractivity contribution < 1.29 is 27.5 Å². The molecule has 1 saturated heterocycles. The molecule has 3 rings (SSSR count). The van der Waals surface area contributed by atoms with Crippen molar-refractivity contribution in [2.24, 2.45) is 0 Å². The average molecular weight is 461 g/mol. The highest BCUT2D eigenvalue weighted by Crippen LogP contribution is 2.25. The molecule has 1 aliphatic heterocycles. The smallest absolute Gasteiger partial charge is 0.331 e. The molecule has 1 aromatic heterocycles. The lowest BCUT2D eigenvalue weighted by Crippen LogP contribution is -2.40. The van der Waals surface area contributed by atoms with Gasteiger partial charge >= 0.3 is 5.97 Å². The van der Waals surface area contributed by atoms with Gasteiger partial charge in [-0.05, 0) is 52.0 Å². The number of carbonyl (C=O) groups is 2. The summed E-state index contributed by atoms with van der Waals surface area (Å²) in [5.74, 6) is -0.884. The normalized spacial score (nSPS) is 14.8. The van der Waals surface area contributed by atoms with Crippen molar-refractivity contribution in [3.63, 3.8) is 0 Å². The van der Waals surface area contributed by atoms with E-state index in [0.29, 0.717) is 43.2 Å². The number of esters is 1. The third-order valence-electron chi connectivity index (χ3n) is 5.17. The molecule has 0 radical (unpaired) electrons. The fourth-order valence-electron chi connectivity index (χ4n) is 3.65. The number of hydrogen-bond acceptors (Lipinski definition) is 6. The Morgan fingerprint density at radius 2 is 1.81 bits per heavy atom. The molecule has 1 aliphatic rings. The minimum atomic E-state index is -3.65. The summed E-state index contributed by atoms with van der Waals surface area (Å²) in [4.78, 5) is 24.6. The summed E-state index contributed by atoms with van der Waals surface area (Å²) in [6.45, 7) is 8.17. The number of nitrogens with zero attached hydrogens (tertiary/aromatic N) is 2. The van der Waals surface area contributed by atoms with Crippen LogP contribution in [0.4, 0.5) is 0 Å². The van der Waals surface area contributed by atoms with Crippen LogP contribution < -0.4 is 0 Å². The number of hydrogen-bond donors (Lipinski definition) is 0. The quantitative estimate of drug-likeness (QED) is 0.358. The summed E-state index contributed by atoms with van der Waals surface area (Å²) >= 11 is 0. The molecule has 1 aromatic carbocycles. The van der Waals surface area contributed by atoms with E-state index in [1.165, 1.54) is 10.4 Å². The number of ether oxygens (including phenoxy) is 2. The van der Waals surface area contributed by atoms with E-state index in [2.05, 4.69) is 0 Å². The Morgan fingerprint density at radius 3 is 2.47 bits per heavy atom. The lowest BCUT2D eigenvalue weighted by atomic mass is 10.1. The maximum absolute atomic E-state index is 13.0. The standard InChI is InChI=1S/C23H28N2O6S/c1-16(2)12-23(27)31-15-22(26)21-13-17(3)25(18(21)4)19-6-5-7-20(14-19)32(28,29)24-8-10-30-11-9-24/h5-7,12-14H,8-11,15H2,1-4H3. The minimum Gasteiger partial charge on any atom is -0.454 e. The zero-order valence-corrected chi connectivity index (χ0v) is 19.6. The van der Waals surface area contributed by atoms with E-state index in [0.717, 1.165) is 11.3 Å². The maximum atomic E-state index is 13.0. The molecular weight excluding hydrogens is 432 g/mol. The van der Waals surface area contributed by atoms with Gasteiger partial charge in [-0.15, -0.1) is 0 Å². The lowest BCUT2D eigenvalue weighted by Gasteiger charge is -2.26. The molecule has 0 aliphatic carbocycles. The van der Waals surface area contributed by atoms with Gasteiger partial charge in [0.05, 0.1) is 18.1 Å². The molecule has 9 heteroatoms. The van der Waals surface area contributed by atoms with Crippen LogP contribution in [0, 0.1) is 13.8 Å². The van der Waals surface area contributed by atoms with Gasteiger partial charge in [-0.3, -0.25) is 4.79 Å². The van der Waals surface area contributed by atoms with Crippen molar-refractivity contribution in [3.8, 4) is 5.69 Å². The van der Waals surface area contributed by atoms with Crippen LogP contribution in [0.15, 0.2) is 46.9 Å². The first-order valence-corrected chi connectivity index (χ1v) is 11.8. The van der Waals surface area contributed by atoms with Crippen molar-refractivity contribution in [3.05, 3.63) is 58.9 Å². The van der Waals surface area contributed by atoms with Crippen LogP contribution in [-0.4, -0.2) is 62.0 Å². The molecule has 1 fully saturated rings. The molecule has 0 saturated carbocycles. The number of sulfonamides is 1. The summed E-state index contributed by atoms with van der Waals surface area (Å²) in [5, 5.41) is 0. The van der Waals surface area contributed by atoms with Crippen LogP contribution in [0.25, 0.3) is 5.69 Å².